The van der Waals surface area contributed by atoms with Crippen molar-refractivity contribution in [2.24, 2.45) is 0 Å². The highest BCUT2D eigenvalue weighted by Crippen LogP contribution is 2.27. The lowest BCUT2D eigenvalue weighted by Crippen LogP contribution is -2.24. The predicted molar refractivity (Wildman–Crippen MR) is 68.4 cm³/mol. The zero-order valence-corrected chi connectivity index (χ0v) is 9.53. The van der Waals surface area contributed by atoms with Crippen molar-refractivity contribution in [2.45, 2.75) is 6.42 Å². The Morgan fingerprint density at radius 1 is 1.25 bits per heavy atom. The summed E-state index contributed by atoms with van der Waals surface area (Å²) in [6, 6.07) is 8.65. The first-order valence-corrected chi connectivity index (χ1v) is 5.78. The molecule has 2 nitrogen and oxygen atoms in total. The van der Waals surface area contributed by atoms with Gasteiger partial charge in [-0.25, -0.2) is 0 Å². The fourth-order valence-corrected chi connectivity index (χ4v) is 2.45. The van der Waals surface area contributed by atoms with E-state index in [0.717, 1.165) is 13.0 Å². The van der Waals surface area contributed by atoms with E-state index in [1.807, 2.05) is 6.20 Å². The number of fused-ring (bicyclic) bond motifs is 1. The van der Waals surface area contributed by atoms with E-state index < -0.39 is 0 Å². The Kier molecular flexibility index (Phi) is 2.29. The summed E-state index contributed by atoms with van der Waals surface area (Å²) in [6.45, 7) is 2.23. The molecule has 1 aliphatic heterocycles. The van der Waals surface area contributed by atoms with Crippen LogP contribution in [-0.4, -0.2) is 30.0 Å². The van der Waals surface area contributed by atoms with Crippen LogP contribution in [0, 0.1) is 0 Å². The minimum absolute atomic E-state index is 1.06. The lowest BCUT2D eigenvalue weighted by Gasteiger charge is -2.23. The van der Waals surface area contributed by atoms with Crippen molar-refractivity contribution >= 4 is 16.5 Å². The van der Waals surface area contributed by atoms with E-state index >= 15 is 0 Å². The van der Waals surface area contributed by atoms with Crippen LogP contribution in [0.25, 0.3) is 16.5 Å². The number of hydrogen-bond donors (Lipinski definition) is 1. The van der Waals surface area contributed by atoms with Gasteiger partial charge >= 0.3 is 0 Å². The number of benzene rings is 1. The van der Waals surface area contributed by atoms with E-state index in [4.69, 9.17) is 0 Å². The Bertz CT molecular complexity index is 536. The Morgan fingerprint density at radius 2 is 2.19 bits per heavy atom. The predicted octanol–water partition coefficient (Wildman–Crippen LogP) is 2.89. The molecule has 0 spiro atoms. The first kappa shape index (κ1) is 9.67. The maximum atomic E-state index is 3.27. The number of aromatic amines is 1. The third-order valence-corrected chi connectivity index (χ3v) is 3.28. The van der Waals surface area contributed by atoms with Gasteiger partial charge in [0.05, 0.1) is 0 Å². The van der Waals surface area contributed by atoms with Crippen LogP contribution in [0.4, 0.5) is 0 Å². The van der Waals surface area contributed by atoms with E-state index in [9.17, 15) is 0 Å². The molecule has 0 amide bonds. The third kappa shape index (κ3) is 1.55. The maximum absolute atomic E-state index is 3.27. The standard InChI is InChI=1S/C14H16N2/c1-16-9-3-4-11(10-16)12-5-2-6-14-13(12)7-8-15-14/h2,4-8,15H,3,9-10H2,1H3. The fraction of sp³-hybridized carbons (Fsp3) is 0.286. The normalized spacial score (nSPS) is 17.7. The van der Waals surface area contributed by atoms with Crippen molar-refractivity contribution < 1.29 is 0 Å². The molecule has 1 aromatic carbocycles. The van der Waals surface area contributed by atoms with Crippen LogP contribution < -0.4 is 0 Å². The number of aromatic nitrogens is 1. The van der Waals surface area contributed by atoms with Crippen LogP contribution in [0.1, 0.15) is 12.0 Å². The van der Waals surface area contributed by atoms with Gasteiger partial charge in [0.1, 0.15) is 0 Å². The molecule has 0 saturated heterocycles. The van der Waals surface area contributed by atoms with Crippen LogP contribution >= 0.6 is 0 Å². The topological polar surface area (TPSA) is 19.0 Å². The van der Waals surface area contributed by atoms with E-state index in [-0.39, 0.29) is 0 Å². The van der Waals surface area contributed by atoms with Gasteiger partial charge in [-0.15, -0.1) is 0 Å². The van der Waals surface area contributed by atoms with Gasteiger partial charge in [0.15, 0.2) is 0 Å². The van der Waals surface area contributed by atoms with Crippen molar-refractivity contribution in [3.8, 4) is 0 Å². The van der Waals surface area contributed by atoms with Crippen molar-refractivity contribution in [1.82, 2.24) is 9.88 Å². The van der Waals surface area contributed by atoms with Gasteiger partial charge in [-0.1, -0.05) is 18.2 Å². The highest BCUT2D eigenvalue weighted by atomic mass is 15.1. The zero-order valence-electron chi connectivity index (χ0n) is 9.53. The van der Waals surface area contributed by atoms with Crippen molar-refractivity contribution in [2.75, 3.05) is 20.1 Å². The second-order valence-electron chi connectivity index (χ2n) is 4.50. The Morgan fingerprint density at radius 3 is 3.06 bits per heavy atom. The van der Waals surface area contributed by atoms with Crippen LogP contribution in [0.5, 0.6) is 0 Å². The Balaban J connectivity index is 2.11. The minimum Gasteiger partial charge on any atom is -0.361 e. The van der Waals surface area contributed by atoms with Crippen LogP contribution in [0.2, 0.25) is 0 Å². The number of hydrogen-bond acceptors (Lipinski definition) is 1. The number of nitrogens with zero attached hydrogens (tertiary/aromatic N) is 1. The molecule has 0 unspecified atom stereocenters. The first-order valence-electron chi connectivity index (χ1n) is 5.78. The molecule has 82 valence electrons. The molecule has 16 heavy (non-hydrogen) atoms. The molecule has 2 aromatic rings. The monoisotopic (exact) mass is 212 g/mol. The summed E-state index contributed by atoms with van der Waals surface area (Å²) >= 11 is 0. The molecule has 1 N–H and O–H groups in total. The summed E-state index contributed by atoms with van der Waals surface area (Å²) in [7, 11) is 2.18. The fourth-order valence-electron chi connectivity index (χ4n) is 2.45. The average molecular weight is 212 g/mol. The summed E-state index contributed by atoms with van der Waals surface area (Å²) in [5, 5.41) is 1.34. The van der Waals surface area contributed by atoms with Gasteiger partial charge in [0.25, 0.3) is 0 Å². The molecule has 0 radical (unpaired) electrons. The highest BCUT2D eigenvalue weighted by molar-refractivity contribution is 5.92. The van der Waals surface area contributed by atoms with E-state index in [0.29, 0.717) is 0 Å². The number of rotatable bonds is 1. The minimum atomic E-state index is 1.06. The van der Waals surface area contributed by atoms with Crippen molar-refractivity contribution in [1.29, 1.82) is 0 Å². The quantitative estimate of drug-likeness (QED) is 0.770. The van der Waals surface area contributed by atoms with Crippen LogP contribution in [0.3, 0.4) is 0 Å². The molecule has 0 bridgehead atoms. The molecular weight excluding hydrogens is 196 g/mol. The van der Waals surface area contributed by atoms with Gasteiger partial charge < -0.3 is 9.88 Å². The lowest BCUT2D eigenvalue weighted by molar-refractivity contribution is 0.373. The second kappa shape index (κ2) is 3.80. The number of likely N-dealkylation sites (N-methyl/N-ethyl adjacent to an activating group) is 1. The lowest BCUT2D eigenvalue weighted by atomic mass is 9.98. The molecule has 2 heterocycles. The third-order valence-electron chi connectivity index (χ3n) is 3.28. The van der Waals surface area contributed by atoms with Crippen LogP contribution in [-0.2, 0) is 0 Å². The number of H-pyrrole nitrogens is 1. The van der Waals surface area contributed by atoms with Gasteiger partial charge in [0, 0.05) is 30.2 Å². The molecule has 3 rings (SSSR count). The van der Waals surface area contributed by atoms with E-state index in [2.05, 4.69) is 47.3 Å². The number of nitrogens with one attached hydrogen (secondary N) is 1. The summed E-state index contributed by atoms with van der Waals surface area (Å²) in [4.78, 5) is 5.65. The molecule has 0 fully saturated rings. The van der Waals surface area contributed by atoms with E-state index in [1.165, 1.54) is 28.6 Å². The van der Waals surface area contributed by atoms with E-state index in [1.54, 1.807) is 0 Å². The maximum Gasteiger partial charge on any atom is 0.0460 e. The zero-order chi connectivity index (χ0) is 11.0. The second-order valence-corrected chi connectivity index (χ2v) is 4.50. The molecule has 0 atom stereocenters. The summed E-state index contributed by atoms with van der Waals surface area (Å²) < 4.78 is 0. The average Bonchev–Trinajstić information content (AvgIpc) is 2.76. The SMILES string of the molecule is CN1CCC=C(c2cccc3[nH]ccc23)C1. The molecule has 0 saturated carbocycles. The highest BCUT2D eigenvalue weighted by Gasteiger charge is 2.12. The summed E-state index contributed by atoms with van der Waals surface area (Å²) in [5.41, 5.74) is 4.07. The molecular formula is C14H16N2. The largest absolute Gasteiger partial charge is 0.361 e. The molecule has 0 aliphatic carbocycles. The van der Waals surface area contributed by atoms with Gasteiger partial charge in [0.2, 0.25) is 0 Å². The van der Waals surface area contributed by atoms with Crippen molar-refractivity contribution in [3.05, 3.63) is 42.1 Å². The Labute approximate surface area is 95.6 Å². The van der Waals surface area contributed by atoms with Gasteiger partial charge in [-0.2, -0.15) is 0 Å². The molecule has 1 aliphatic rings. The molecule has 1 aromatic heterocycles. The van der Waals surface area contributed by atoms with Gasteiger partial charge in [-0.05, 0) is 36.7 Å². The first-order chi connectivity index (χ1) is 7.84. The van der Waals surface area contributed by atoms with Gasteiger partial charge in [-0.3, -0.25) is 0 Å². The molecule has 2 heteroatoms. The smallest absolute Gasteiger partial charge is 0.0460 e. The summed E-state index contributed by atoms with van der Waals surface area (Å²) in [6.07, 6.45) is 5.55. The van der Waals surface area contributed by atoms with Crippen LogP contribution in [0.15, 0.2) is 36.5 Å². The van der Waals surface area contributed by atoms with Crippen molar-refractivity contribution in [3.63, 3.8) is 0 Å². The summed E-state index contributed by atoms with van der Waals surface area (Å²) in [5.74, 6) is 0. The Hall–Kier alpha value is -1.54.